The number of nitrogens with zero attached hydrogens (tertiary/aromatic N) is 4. The number of benzene rings is 3. The zero-order valence-corrected chi connectivity index (χ0v) is 23.5. The normalized spacial score (nSPS) is 20.9. The number of nitrogens with one attached hydrogen (secondary N) is 2. The highest BCUT2D eigenvalue weighted by atomic mass is 16.5. The third-order valence-electron chi connectivity index (χ3n) is 8.32. The van der Waals surface area contributed by atoms with E-state index in [1.807, 2.05) is 42.5 Å². The smallest absolute Gasteiger partial charge is 0.322 e. The Hall–Kier alpha value is -4.90. The number of ether oxygens (including phenoxy) is 1. The van der Waals surface area contributed by atoms with Crippen molar-refractivity contribution in [2.24, 2.45) is 5.16 Å². The van der Waals surface area contributed by atoms with Crippen LogP contribution in [0.3, 0.4) is 0 Å². The van der Waals surface area contributed by atoms with Crippen LogP contribution in [0, 0.1) is 0 Å². The minimum Gasteiger partial charge on any atom is -0.497 e. The summed E-state index contributed by atoms with van der Waals surface area (Å²) in [5.41, 5.74) is 3.16. The van der Waals surface area contributed by atoms with Crippen molar-refractivity contribution in [3.8, 4) is 16.9 Å². The third kappa shape index (κ3) is 4.81. The number of methoxy groups -OCH3 is 1. The van der Waals surface area contributed by atoms with Crippen LogP contribution in [0.25, 0.3) is 11.1 Å². The number of piperazine rings is 1. The zero-order chi connectivity index (χ0) is 29.4. The van der Waals surface area contributed by atoms with E-state index in [4.69, 9.17) is 4.74 Å². The van der Waals surface area contributed by atoms with Crippen molar-refractivity contribution in [3.63, 3.8) is 0 Å². The first-order valence-corrected chi connectivity index (χ1v) is 13.8. The number of fused-ring (bicyclic) bond motifs is 1. The van der Waals surface area contributed by atoms with E-state index in [-0.39, 0.29) is 12.5 Å². The van der Waals surface area contributed by atoms with Gasteiger partial charge in [-0.2, -0.15) is 0 Å². The summed E-state index contributed by atoms with van der Waals surface area (Å²) in [6, 6.07) is 19.9. The van der Waals surface area contributed by atoms with Gasteiger partial charge in [0, 0.05) is 43.9 Å². The van der Waals surface area contributed by atoms with Crippen molar-refractivity contribution in [1.82, 2.24) is 25.3 Å². The summed E-state index contributed by atoms with van der Waals surface area (Å²) < 4.78 is 5.27. The predicted molar refractivity (Wildman–Crippen MR) is 155 cm³/mol. The lowest BCUT2D eigenvalue weighted by atomic mass is 9.88. The number of amides is 4. The highest BCUT2D eigenvalue weighted by molar-refractivity contribution is 6.08. The molecular weight excluding hydrogens is 536 g/mol. The summed E-state index contributed by atoms with van der Waals surface area (Å²) >= 11 is 0. The first kappa shape index (κ1) is 27.3. The molecule has 2 fully saturated rings. The molecule has 6 rings (SSSR count). The van der Waals surface area contributed by atoms with Crippen LogP contribution in [-0.4, -0.2) is 90.5 Å². The monoisotopic (exact) mass is 568 g/mol. The SMILES string of the molecule is COc1ccc2c(c1)C(=O)N(CC1(c3ccc(-c4ccc(C(=NO)N5CCN(C)CC5)cc4)cc3)NC(=O)NC1=O)C2. The lowest BCUT2D eigenvalue weighted by Crippen LogP contribution is -2.52. The molecule has 216 valence electrons. The van der Waals surface area contributed by atoms with Crippen molar-refractivity contribution in [2.75, 3.05) is 46.9 Å². The lowest BCUT2D eigenvalue weighted by Gasteiger charge is -2.34. The number of rotatable bonds is 6. The molecule has 1 atom stereocenters. The molecule has 1 unspecified atom stereocenters. The van der Waals surface area contributed by atoms with E-state index < -0.39 is 17.5 Å². The van der Waals surface area contributed by atoms with E-state index in [1.165, 1.54) is 0 Å². The summed E-state index contributed by atoms with van der Waals surface area (Å²) in [6.45, 7) is 3.67. The van der Waals surface area contributed by atoms with E-state index in [1.54, 1.807) is 36.3 Å². The average Bonchev–Trinajstić information content (AvgIpc) is 3.48. The van der Waals surface area contributed by atoms with Crippen LogP contribution >= 0.6 is 0 Å². The molecule has 0 aliphatic carbocycles. The highest BCUT2D eigenvalue weighted by Crippen LogP contribution is 2.33. The maximum Gasteiger partial charge on any atom is 0.322 e. The zero-order valence-electron chi connectivity index (χ0n) is 23.5. The molecule has 3 aliphatic rings. The Labute approximate surface area is 243 Å². The van der Waals surface area contributed by atoms with Gasteiger partial charge >= 0.3 is 6.03 Å². The van der Waals surface area contributed by atoms with Crippen molar-refractivity contribution in [3.05, 3.63) is 89.0 Å². The van der Waals surface area contributed by atoms with Gasteiger partial charge in [-0.25, -0.2) is 4.79 Å². The van der Waals surface area contributed by atoms with Gasteiger partial charge in [-0.15, -0.1) is 0 Å². The van der Waals surface area contributed by atoms with Gasteiger partial charge in [0.1, 0.15) is 5.75 Å². The fourth-order valence-corrected chi connectivity index (χ4v) is 5.86. The largest absolute Gasteiger partial charge is 0.497 e. The lowest BCUT2D eigenvalue weighted by molar-refractivity contribution is -0.124. The first-order chi connectivity index (χ1) is 20.3. The minimum atomic E-state index is -1.43. The van der Waals surface area contributed by atoms with Crippen LogP contribution in [0.1, 0.15) is 27.0 Å². The molecule has 0 spiro atoms. The number of carbonyl (C=O) groups excluding carboxylic acids is 3. The predicted octanol–water partition coefficient (Wildman–Crippen LogP) is 2.44. The fraction of sp³-hybridized carbons (Fsp3) is 0.290. The first-order valence-electron chi connectivity index (χ1n) is 13.8. The number of urea groups is 1. The molecule has 3 heterocycles. The average molecular weight is 569 g/mol. The van der Waals surface area contributed by atoms with Crippen molar-refractivity contribution < 1.29 is 24.3 Å². The maximum absolute atomic E-state index is 13.3. The molecule has 0 bridgehead atoms. The summed E-state index contributed by atoms with van der Waals surface area (Å²) in [7, 11) is 3.62. The molecule has 0 saturated carbocycles. The van der Waals surface area contributed by atoms with Gasteiger partial charge in [0.05, 0.1) is 13.7 Å². The molecule has 0 radical (unpaired) electrons. The van der Waals surface area contributed by atoms with E-state index in [9.17, 15) is 19.6 Å². The molecule has 3 aliphatic heterocycles. The second kappa shape index (κ2) is 10.8. The molecular formula is C31H32N6O5. The van der Waals surface area contributed by atoms with Gasteiger partial charge in [0.25, 0.3) is 11.8 Å². The van der Waals surface area contributed by atoms with E-state index in [0.29, 0.717) is 29.3 Å². The molecule has 11 nitrogen and oxygen atoms in total. The second-order valence-corrected chi connectivity index (χ2v) is 10.9. The minimum absolute atomic E-state index is 0.0238. The Balaban J connectivity index is 1.23. The van der Waals surface area contributed by atoms with E-state index >= 15 is 0 Å². The van der Waals surface area contributed by atoms with Crippen LogP contribution in [0.4, 0.5) is 4.79 Å². The Kier molecular flexibility index (Phi) is 7.03. The summed E-state index contributed by atoms with van der Waals surface area (Å²) in [5.74, 6) is 0.391. The standard InChI is InChI=1S/C31H32N6O5/c1-35-13-15-36(16-14-35)27(34-41)22-5-3-20(4-6-22)21-7-10-24(11-8-21)31(29(39)32-30(40)33-31)19-37-18-23-9-12-25(42-2)17-26(23)28(37)38/h3-12,17,41H,13-16,18-19H2,1-2H3,(H2,32,33,39,40). The molecule has 3 aromatic rings. The summed E-state index contributed by atoms with van der Waals surface area (Å²) in [4.78, 5) is 44.7. The molecule has 0 aromatic heterocycles. The van der Waals surface area contributed by atoms with E-state index in [2.05, 4.69) is 32.6 Å². The van der Waals surface area contributed by atoms with Gasteiger partial charge in [0.15, 0.2) is 11.4 Å². The third-order valence-corrected chi connectivity index (χ3v) is 8.32. The van der Waals surface area contributed by atoms with Crippen LogP contribution < -0.4 is 15.4 Å². The highest BCUT2D eigenvalue weighted by Gasteiger charge is 2.50. The van der Waals surface area contributed by atoms with Gasteiger partial charge in [-0.3, -0.25) is 14.9 Å². The van der Waals surface area contributed by atoms with Crippen molar-refractivity contribution in [1.29, 1.82) is 0 Å². The number of carbonyl (C=O) groups is 3. The van der Waals surface area contributed by atoms with Gasteiger partial charge in [-0.05, 0) is 41.4 Å². The maximum atomic E-state index is 13.3. The number of likely N-dealkylation sites (N-methyl/N-ethyl adjacent to an activating group) is 1. The number of oxime groups is 1. The number of hydrogen-bond acceptors (Lipinski definition) is 7. The van der Waals surface area contributed by atoms with Crippen molar-refractivity contribution >= 4 is 23.7 Å². The Morgan fingerprint density at radius 3 is 2.21 bits per heavy atom. The molecule has 11 heteroatoms. The molecule has 3 aromatic carbocycles. The van der Waals surface area contributed by atoms with Crippen LogP contribution in [0.2, 0.25) is 0 Å². The molecule has 3 N–H and O–H groups in total. The quantitative estimate of drug-likeness (QED) is 0.137. The van der Waals surface area contributed by atoms with E-state index in [0.717, 1.165) is 48.4 Å². The topological polar surface area (TPSA) is 127 Å². The molecule has 4 amide bonds. The van der Waals surface area contributed by atoms with Crippen molar-refractivity contribution in [2.45, 2.75) is 12.1 Å². The Morgan fingerprint density at radius 2 is 1.62 bits per heavy atom. The van der Waals surface area contributed by atoms with Gasteiger partial charge in [-0.1, -0.05) is 59.8 Å². The number of amidine groups is 1. The summed E-state index contributed by atoms with van der Waals surface area (Å²) in [5, 5.41) is 18.4. The molecule has 2 saturated heterocycles. The van der Waals surface area contributed by atoms with Crippen LogP contribution in [0.5, 0.6) is 5.75 Å². The van der Waals surface area contributed by atoms with Crippen LogP contribution in [0.15, 0.2) is 71.9 Å². The fourth-order valence-electron chi connectivity index (χ4n) is 5.86. The van der Waals surface area contributed by atoms with Gasteiger partial charge in [0.2, 0.25) is 0 Å². The number of imide groups is 1. The Bertz CT molecular complexity index is 1560. The second-order valence-electron chi connectivity index (χ2n) is 10.9. The summed E-state index contributed by atoms with van der Waals surface area (Å²) in [6.07, 6.45) is 0. The van der Waals surface area contributed by atoms with Gasteiger partial charge < -0.3 is 30.0 Å². The van der Waals surface area contributed by atoms with Crippen LogP contribution in [-0.2, 0) is 16.9 Å². The Morgan fingerprint density at radius 1 is 0.952 bits per heavy atom. The number of hydrogen-bond donors (Lipinski definition) is 3. The molecule has 42 heavy (non-hydrogen) atoms.